The van der Waals surface area contributed by atoms with Gasteiger partial charge in [0.2, 0.25) is 5.75 Å². The maximum Gasteiger partial charge on any atom is 0.203 e. The highest BCUT2D eigenvalue weighted by atomic mass is 16.5. The molecule has 0 spiro atoms. The van der Waals surface area contributed by atoms with Gasteiger partial charge in [-0.2, -0.15) is 5.26 Å². The molecule has 0 saturated carbocycles. The van der Waals surface area contributed by atoms with Crippen molar-refractivity contribution in [2.45, 2.75) is 46.6 Å². The van der Waals surface area contributed by atoms with E-state index in [0.717, 1.165) is 17.8 Å². The third-order valence-electron chi connectivity index (χ3n) is 4.94. The molecule has 0 unspecified atom stereocenters. The van der Waals surface area contributed by atoms with Crippen LogP contribution in [0.2, 0.25) is 0 Å². The second-order valence-corrected chi connectivity index (χ2v) is 9.43. The molecule has 8 heteroatoms. The largest absolute Gasteiger partial charge is 0.493 e. The molecule has 0 atom stereocenters. The van der Waals surface area contributed by atoms with Crippen LogP contribution in [-0.4, -0.2) is 41.5 Å². The molecule has 0 aliphatic carbocycles. The van der Waals surface area contributed by atoms with E-state index in [4.69, 9.17) is 19.2 Å². The zero-order chi connectivity index (χ0) is 23.0. The average Bonchev–Trinajstić information content (AvgIpc) is 3.24. The van der Waals surface area contributed by atoms with E-state index in [1.165, 1.54) is 0 Å². The van der Waals surface area contributed by atoms with Gasteiger partial charge < -0.3 is 19.5 Å². The second-order valence-electron chi connectivity index (χ2n) is 9.43. The number of benzene rings is 1. The smallest absolute Gasteiger partial charge is 0.203 e. The summed E-state index contributed by atoms with van der Waals surface area (Å²) in [6.07, 6.45) is 2.58. The van der Waals surface area contributed by atoms with Gasteiger partial charge in [0.25, 0.3) is 0 Å². The van der Waals surface area contributed by atoms with Gasteiger partial charge in [0, 0.05) is 17.3 Å². The highest BCUT2D eigenvalue weighted by Gasteiger charge is 2.29. The number of H-pyrrole nitrogens is 1. The monoisotopic (exact) mass is 425 g/mol. The van der Waals surface area contributed by atoms with E-state index < -0.39 is 0 Å². The zero-order valence-corrected chi connectivity index (χ0v) is 19.5. The minimum atomic E-state index is -0.235. The first-order chi connectivity index (χ1) is 14.5. The van der Waals surface area contributed by atoms with E-state index in [-0.39, 0.29) is 11.0 Å². The second kappa shape index (κ2) is 8.06. The molecule has 0 bridgehead atoms. The van der Waals surface area contributed by atoms with Gasteiger partial charge in [0.15, 0.2) is 23.0 Å². The van der Waals surface area contributed by atoms with Gasteiger partial charge in [-0.1, -0.05) is 20.8 Å². The highest BCUT2D eigenvalue weighted by molar-refractivity contribution is 5.81. The summed E-state index contributed by atoms with van der Waals surface area (Å²) >= 11 is 0. The minimum absolute atomic E-state index is 0.126. The summed E-state index contributed by atoms with van der Waals surface area (Å²) in [5.41, 5.74) is 2.38. The summed E-state index contributed by atoms with van der Waals surface area (Å²) in [4.78, 5) is 4.80. The summed E-state index contributed by atoms with van der Waals surface area (Å²) in [6, 6.07) is 5.91. The Bertz CT molecular complexity index is 1100. The summed E-state index contributed by atoms with van der Waals surface area (Å²) in [7, 11) is 4.73. The number of methoxy groups -OCH3 is 3. The number of aromatic amines is 1. The third-order valence-corrected chi connectivity index (χ3v) is 4.94. The topological polar surface area (TPSA) is 96.6 Å². The molecule has 1 aromatic carbocycles. The Morgan fingerprint density at radius 2 is 1.68 bits per heavy atom. The number of aromatic nitrogens is 3. The van der Waals surface area contributed by atoms with Crippen molar-refractivity contribution in [1.29, 1.82) is 5.26 Å². The molecule has 8 nitrogen and oxygen atoms in total. The molecule has 0 fully saturated rings. The van der Waals surface area contributed by atoms with E-state index in [1.54, 1.807) is 27.5 Å². The van der Waals surface area contributed by atoms with Crippen molar-refractivity contribution in [2.24, 2.45) is 5.41 Å². The fourth-order valence-corrected chi connectivity index (χ4v) is 4.23. The van der Waals surface area contributed by atoms with Crippen LogP contribution in [0.3, 0.4) is 0 Å². The van der Waals surface area contributed by atoms with Gasteiger partial charge >= 0.3 is 0 Å². The Morgan fingerprint density at radius 1 is 1.06 bits per heavy atom. The van der Waals surface area contributed by atoms with Crippen LogP contribution in [0.4, 0.5) is 5.82 Å². The Kier molecular flexibility index (Phi) is 5.81. The van der Waals surface area contributed by atoms with Crippen molar-refractivity contribution < 1.29 is 14.2 Å². The number of rotatable bonds is 7. The number of nitrogens with zero attached hydrogens (tertiary/aromatic N) is 3. The van der Waals surface area contributed by atoms with Crippen LogP contribution in [0.15, 0.2) is 18.3 Å². The molecule has 3 rings (SSSR count). The van der Waals surface area contributed by atoms with Crippen LogP contribution in [0, 0.1) is 16.7 Å². The van der Waals surface area contributed by atoms with Gasteiger partial charge in [-0.05, 0) is 37.8 Å². The highest BCUT2D eigenvalue weighted by Crippen LogP contribution is 2.43. The van der Waals surface area contributed by atoms with Crippen molar-refractivity contribution in [3.63, 3.8) is 0 Å². The molecular weight excluding hydrogens is 394 g/mol. The quantitative estimate of drug-likeness (QED) is 0.561. The van der Waals surface area contributed by atoms with Crippen LogP contribution in [-0.2, 0) is 0 Å². The molecule has 0 saturated heterocycles. The molecule has 166 valence electrons. The van der Waals surface area contributed by atoms with E-state index in [1.807, 2.05) is 16.6 Å². The molecule has 0 radical (unpaired) electrons. The molecule has 0 aliphatic heterocycles. The Balaban J connectivity index is 2.23. The maximum atomic E-state index is 9.51. The molecule has 2 N–H and O–H groups in total. The first kappa shape index (κ1) is 22.3. The van der Waals surface area contributed by atoms with Crippen LogP contribution >= 0.6 is 0 Å². The van der Waals surface area contributed by atoms with Crippen molar-refractivity contribution in [3.8, 4) is 34.6 Å². The molecular formula is C23H31N5O3. The van der Waals surface area contributed by atoms with Crippen LogP contribution in [0.1, 0.15) is 46.6 Å². The molecule has 2 aromatic heterocycles. The summed E-state index contributed by atoms with van der Waals surface area (Å²) in [5, 5.41) is 16.3. The summed E-state index contributed by atoms with van der Waals surface area (Å²) in [6.45, 7) is 11.0. The number of nitriles is 1. The van der Waals surface area contributed by atoms with Crippen molar-refractivity contribution in [1.82, 2.24) is 14.6 Å². The molecule has 2 heterocycles. The number of ether oxygens (including phenoxy) is 3. The normalized spacial score (nSPS) is 12.0. The standard InChI is InChI=1S/C23H31N5O3/c1-22(2,3)13-23(4,5)27-21-18(26-20-15(11-24)12-25-28(20)21)14-9-16(29-6)19(31-8)17(10-14)30-7/h9-10,12,25,27H,13H2,1-8H3. The third kappa shape index (κ3) is 4.41. The number of anilines is 1. The summed E-state index contributed by atoms with van der Waals surface area (Å²) < 4.78 is 18.3. The van der Waals surface area contributed by atoms with Crippen LogP contribution in [0.5, 0.6) is 17.2 Å². The van der Waals surface area contributed by atoms with Crippen molar-refractivity contribution in [3.05, 3.63) is 23.9 Å². The molecule has 0 aliphatic rings. The molecule has 0 amide bonds. The van der Waals surface area contributed by atoms with Gasteiger partial charge in [0.05, 0.1) is 21.3 Å². The van der Waals surface area contributed by atoms with Crippen LogP contribution in [0.25, 0.3) is 16.9 Å². The SMILES string of the molecule is COc1cc(-c2nc3c(C#N)c[nH]n3c2NC(C)(C)CC(C)(C)C)cc(OC)c1OC. The number of hydrogen-bond acceptors (Lipinski definition) is 6. The van der Waals surface area contributed by atoms with Gasteiger partial charge in [-0.3, -0.25) is 5.10 Å². The van der Waals surface area contributed by atoms with Crippen LogP contribution < -0.4 is 19.5 Å². The number of imidazole rings is 1. The predicted molar refractivity (Wildman–Crippen MR) is 121 cm³/mol. The van der Waals surface area contributed by atoms with E-state index in [9.17, 15) is 5.26 Å². The number of hydrogen-bond donors (Lipinski definition) is 2. The van der Waals surface area contributed by atoms with Crippen molar-refractivity contribution in [2.75, 3.05) is 26.6 Å². The number of fused-ring (bicyclic) bond motifs is 1. The van der Waals surface area contributed by atoms with Gasteiger partial charge in [0.1, 0.15) is 17.3 Å². The lowest BCUT2D eigenvalue weighted by molar-refractivity contribution is 0.302. The molecule has 31 heavy (non-hydrogen) atoms. The Hall–Kier alpha value is -3.34. The lowest BCUT2D eigenvalue weighted by atomic mass is 9.82. The lowest BCUT2D eigenvalue weighted by Gasteiger charge is -2.34. The van der Waals surface area contributed by atoms with E-state index >= 15 is 0 Å². The summed E-state index contributed by atoms with van der Waals surface area (Å²) in [5.74, 6) is 2.35. The molecule has 3 aromatic rings. The fraction of sp³-hybridized carbons (Fsp3) is 0.478. The van der Waals surface area contributed by atoms with Gasteiger partial charge in [-0.25, -0.2) is 9.50 Å². The predicted octanol–water partition coefficient (Wildman–Crippen LogP) is 4.85. The maximum absolute atomic E-state index is 9.51. The Morgan fingerprint density at radius 3 is 2.16 bits per heavy atom. The minimum Gasteiger partial charge on any atom is -0.493 e. The van der Waals surface area contributed by atoms with E-state index in [0.29, 0.717) is 34.2 Å². The van der Waals surface area contributed by atoms with Crippen molar-refractivity contribution >= 4 is 11.5 Å². The first-order valence-electron chi connectivity index (χ1n) is 10.1. The first-order valence-corrected chi connectivity index (χ1v) is 10.1. The van der Waals surface area contributed by atoms with E-state index in [2.05, 4.69) is 51.1 Å². The Labute approximate surface area is 183 Å². The fourth-order valence-electron chi connectivity index (χ4n) is 4.23. The average molecular weight is 426 g/mol. The lowest BCUT2D eigenvalue weighted by Crippen LogP contribution is -2.36. The van der Waals surface area contributed by atoms with Gasteiger partial charge in [-0.15, -0.1) is 0 Å². The zero-order valence-electron chi connectivity index (χ0n) is 19.5. The number of nitrogens with one attached hydrogen (secondary N) is 2.